The molecule has 0 fully saturated rings. The highest BCUT2D eigenvalue weighted by Gasteiger charge is 2.30. The van der Waals surface area contributed by atoms with Gasteiger partial charge in [0.15, 0.2) is 19.1 Å². The van der Waals surface area contributed by atoms with Crippen LogP contribution in [0, 0.1) is 13.8 Å². The van der Waals surface area contributed by atoms with Crippen molar-refractivity contribution in [2.24, 2.45) is 0 Å². The molecule has 1 N–H and O–H groups in total. The fraction of sp³-hybridized carbons (Fsp3) is 0.571. The third-order valence-electron chi connectivity index (χ3n) is 10.7. The number of carbonyl (C=O) groups is 2. The summed E-state index contributed by atoms with van der Waals surface area (Å²) in [6, 6.07) is 13.0. The summed E-state index contributed by atoms with van der Waals surface area (Å²) in [7, 11) is 8.91. The van der Waals surface area contributed by atoms with Crippen LogP contribution in [0.25, 0.3) is 21.8 Å². The molecule has 1 heterocycles. The van der Waals surface area contributed by atoms with E-state index in [1.807, 2.05) is 0 Å². The molecule has 0 saturated carbocycles. The summed E-state index contributed by atoms with van der Waals surface area (Å²) in [6.45, 7) is 3.89. The zero-order valence-electron chi connectivity index (χ0n) is 42.8. The molecule has 0 bridgehead atoms. The maximum atomic E-state index is 15.2. The lowest BCUT2D eigenvalue weighted by atomic mass is 10.0. The Kier molecular flexibility index (Phi) is 25.3. The summed E-state index contributed by atoms with van der Waals surface area (Å²) in [5, 5.41) is 0.571. The molecular weight excluding hydrogens is 971 g/mol. The molecule has 4 aromatic rings. The van der Waals surface area contributed by atoms with Crippen LogP contribution >= 0.6 is 0 Å². The summed E-state index contributed by atoms with van der Waals surface area (Å²) in [6.07, 6.45) is -5.01. The van der Waals surface area contributed by atoms with E-state index in [4.69, 9.17) is 75.8 Å². The SMILES string of the molecule is COCC(COC)OC(COC(COC)OC)Oc1ccc2c(c1)c(C(=O)Oc1c(C)cc(C(=O)OC)cc1C)c1cc(OC(COC(COC)OC)OC(COC)COC)ccc1[n+]2CCCS(=O)(=O)O. The van der Waals surface area contributed by atoms with Gasteiger partial charge in [0.1, 0.15) is 42.7 Å². The molecule has 23 heteroatoms. The van der Waals surface area contributed by atoms with E-state index < -0.39 is 65.2 Å². The third kappa shape index (κ3) is 18.1. The summed E-state index contributed by atoms with van der Waals surface area (Å²) in [5.74, 6) is -1.34. The minimum absolute atomic E-state index is 0.0233. The van der Waals surface area contributed by atoms with E-state index >= 15 is 4.79 Å². The van der Waals surface area contributed by atoms with Gasteiger partial charge in [-0.05, 0) is 61.4 Å². The second-order valence-corrected chi connectivity index (χ2v) is 17.8. The zero-order chi connectivity index (χ0) is 52.8. The first-order valence-electron chi connectivity index (χ1n) is 22.7. The molecule has 72 heavy (non-hydrogen) atoms. The topological polar surface area (TPSA) is 240 Å². The predicted molar refractivity (Wildman–Crippen MR) is 258 cm³/mol. The zero-order valence-corrected chi connectivity index (χ0v) is 43.6. The van der Waals surface area contributed by atoms with Gasteiger partial charge in [-0.1, -0.05) is 0 Å². The number of ether oxygens (including phenoxy) is 16. The Hall–Kier alpha value is -4.70. The number of pyridine rings is 1. The van der Waals surface area contributed by atoms with Gasteiger partial charge in [-0.15, -0.1) is 0 Å². The van der Waals surface area contributed by atoms with E-state index in [1.165, 1.54) is 64.0 Å². The second kappa shape index (κ2) is 30.5. The van der Waals surface area contributed by atoms with Gasteiger partial charge in [0, 0.05) is 75.4 Å². The predicted octanol–water partition coefficient (Wildman–Crippen LogP) is 4.22. The van der Waals surface area contributed by atoms with Gasteiger partial charge in [-0.25, -0.2) is 9.59 Å². The molecule has 402 valence electrons. The number of aryl methyl sites for hydroxylation is 3. The molecule has 0 aliphatic rings. The molecule has 0 saturated heterocycles. The first-order valence-corrected chi connectivity index (χ1v) is 24.3. The standard InChI is InChI=1S/C49H69NO21S/c1-31-19-33(48(51)64-11)20-32(2)47(31)71-49(52)46-38-21-34(67-44(29-65-42(62-9)27-60-7)69-36(23-56-3)24-57-4)13-15-40(38)50(17-12-18-72(53,54)55)41-16-14-35(22-39(41)46)68-45(30-66-43(63-10)28-61-8)70-37(25-58-5)26-59-6/h13-16,19-22,36-37,42-45H,12,17-18,23-30H2,1-11H3/p+1. The number of hydrogen-bond donors (Lipinski definition) is 1. The summed E-state index contributed by atoms with van der Waals surface area (Å²) >= 11 is 0. The van der Waals surface area contributed by atoms with Gasteiger partial charge in [-0.2, -0.15) is 13.0 Å². The number of carbonyl (C=O) groups excluding carboxylic acids is 2. The lowest BCUT2D eigenvalue weighted by Gasteiger charge is -2.26. The highest BCUT2D eigenvalue weighted by atomic mass is 32.2. The number of nitrogens with zero attached hydrogens (tertiary/aromatic N) is 1. The highest BCUT2D eigenvalue weighted by molar-refractivity contribution is 7.85. The van der Waals surface area contributed by atoms with Crippen molar-refractivity contribution in [3.63, 3.8) is 0 Å². The van der Waals surface area contributed by atoms with Crippen molar-refractivity contribution in [1.29, 1.82) is 0 Å². The number of esters is 2. The summed E-state index contributed by atoms with van der Waals surface area (Å²) in [5.41, 5.74) is 2.13. The van der Waals surface area contributed by atoms with E-state index in [1.54, 1.807) is 66.9 Å². The molecule has 4 atom stereocenters. The quantitative estimate of drug-likeness (QED) is 0.0169. The third-order valence-corrected chi connectivity index (χ3v) is 11.5. The van der Waals surface area contributed by atoms with Crippen LogP contribution in [0.15, 0.2) is 48.5 Å². The molecule has 0 amide bonds. The van der Waals surface area contributed by atoms with Crippen molar-refractivity contribution < 1.29 is 103 Å². The van der Waals surface area contributed by atoms with Crippen LogP contribution < -0.4 is 18.8 Å². The molecular formula is C49H70NO21S+. The average molecular weight is 1040 g/mol. The number of rotatable bonds is 35. The largest absolute Gasteiger partial charge is 0.465 e. The van der Waals surface area contributed by atoms with Gasteiger partial charge < -0.3 is 75.8 Å². The van der Waals surface area contributed by atoms with Gasteiger partial charge in [-0.3, -0.25) is 4.55 Å². The fourth-order valence-corrected chi connectivity index (χ4v) is 8.12. The van der Waals surface area contributed by atoms with Crippen LogP contribution in [0.2, 0.25) is 0 Å². The van der Waals surface area contributed by atoms with E-state index in [-0.39, 0.29) is 105 Å². The highest BCUT2D eigenvalue weighted by Crippen LogP contribution is 2.34. The Morgan fingerprint density at radius 3 is 1.38 bits per heavy atom. The maximum absolute atomic E-state index is 15.2. The van der Waals surface area contributed by atoms with Crippen molar-refractivity contribution in [1.82, 2.24) is 0 Å². The number of hydrogen-bond acceptors (Lipinski definition) is 20. The van der Waals surface area contributed by atoms with E-state index in [0.29, 0.717) is 22.2 Å². The molecule has 22 nitrogen and oxygen atoms in total. The Balaban J connectivity index is 2.03. The van der Waals surface area contributed by atoms with E-state index in [2.05, 4.69) is 0 Å². The van der Waals surface area contributed by atoms with Crippen LogP contribution in [0.4, 0.5) is 0 Å². The Morgan fingerprint density at radius 1 is 0.569 bits per heavy atom. The normalized spacial score (nSPS) is 13.7. The van der Waals surface area contributed by atoms with Crippen molar-refractivity contribution >= 4 is 43.9 Å². The van der Waals surface area contributed by atoms with Gasteiger partial charge in [0.05, 0.1) is 74.4 Å². The number of methoxy groups -OCH3 is 9. The maximum Gasteiger partial charge on any atom is 0.345 e. The fourth-order valence-electron chi connectivity index (χ4n) is 7.62. The number of fused-ring (bicyclic) bond motifs is 2. The molecule has 3 aromatic carbocycles. The Labute approximate surface area is 420 Å². The minimum atomic E-state index is -4.36. The molecule has 0 spiro atoms. The van der Waals surface area contributed by atoms with Gasteiger partial charge >= 0.3 is 11.9 Å². The van der Waals surface area contributed by atoms with Crippen LogP contribution in [-0.4, -0.2) is 185 Å². The number of aromatic nitrogens is 1. The Morgan fingerprint density at radius 2 is 1.00 bits per heavy atom. The lowest BCUT2D eigenvalue weighted by molar-refractivity contribution is -0.645. The lowest BCUT2D eigenvalue weighted by Crippen LogP contribution is -2.38. The van der Waals surface area contributed by atoms with Crippen LogP contribution in [0.5, 0.6) is 17.2 Å². The van der Waals surface area contributed by atoms with Crippen molar-refractivity contribution in [3.05, 3.63) is 70.8 Å². The number of benzene rings is 3. The van der Waals surface area contributed by atoms with Crippen LogP contribution in [0.1, 0.15) is 38.3 Å². The summed E-state index contributed by atoms with van der Waals surface area (Å²) in [4.78, 5) is 27.7. The first kappa shape index (κ1) is 59.9. The molecule has 0 aliphatic heterocycles. The molecule has 4 unspecified atom stereocenters. The molecule has 0 aliphatic carbocycles. The van der Waals surface area contributed by atoms with Crippen molar-refractivity contribution in [2.45, 2.75) is 64.2 Å². The van der Waals surface area contributed by atoms with Crippen molar-refractivity contribution in [3.8, 4) is 17.2 Å². The van der Waals surface area contributed by atoms with Crippen molar-refractivity contribution in [2.75, 3.05) is 123 Å². The monoisotopic (exact) mass is 1040 g/mol. The second-order valence-electron chi connectivity index (χ2n) is 16.2. The minimum Gasteiger partial charge on any atom is -0.465 e. The summed E-state index contributed by atoms with van der Waals surface area (Å²) < 4.78 is 127. The molecule has 1 aromatic heterocycles. The first-order chi connectivity index (χ1) is 34.6. The molecule has 0 radical (unpaired) electrons. The van der Waals surface area contributed by atoms with Gasteiger partial charge in [0.2, 0.25) is 23.6 Å². The average Bonchev–Trinajstić information content (AvgIpc) is 3.34. The Bertz CT molecular complexity index is 2300. The van der Waals surface area contributed by atoms with E-state index in [0.717, 1.165) is 0 Å². The van der Waals surface area contributed by atoms with Crippen LogP contribution in [0.3, 0.4) is 0 Å². The van der Waals surface area contributed by atoms with Gasteiger partial charge in [0.25, 0.3) is 10.1 Å². The van der Waals surface area contributed by atoms with Crippen LogP contribution in [-0.2, 0) is 78.2 Å². The smallest absolute Gasteiger partial charge is 0.345 e. The van der Waals surface area contributed by atoms with E-state index in [9.17, 15) is 17.8 Å². The molecule has 4 rings (SSSR count).